The van der Waals surface area contributed by atoms with Crippen LogP contribution in [0, 0.1) is 16.7 Å². The van der Waals surface area contributed by atoms with Crippen LogP contribution in [0.3, 0.4) is 0 Å². The van der Waals surface area contributed by atoms with Crippen LogP contribution in [0.5, 0.6) is 0 Å². The van der Waals surface area contributed by atoms with E-state index in [9.17, 15) is 9.59 Å². The summed E-state index contributed by atoms with van der Waals surface area (Å²) in [5.74, 6) is -0.00395. The fourth-order valence-electron chi connectivity index (χ4n) is 5.06. The molecule has 0 aliphatic heterocycles. The molecule has 1 N–H and O–H groups in total. The number of para-hydroxylation sites is 1. The minimum atomic E-state index is -0.362. The Labute approximate surface area is 166 Å². The molecule has 4 nitrogen and oxygen atoms in total. The molecule has 2 fully saturated rings. The fraction of sp³-hybridized carbons (Fsp3) is 0.417. The number of rotatable bonds is 4. The minimum absolute atomic E-state index is 0.00948. The second-order valence-corrected chi connectivity index (χ2v) is 8.87. The lowest BCUT2D eigenvalue weighted by molar-refractivity contribution is -0.0241. The lowest BCUT2D eigenvalue weighted by Gasteiger charge is -2.38. The number of carbonyl (C=O) groups is 2. The second kappa shape index (κ2) is 6.77. The van der Waals surface area contributed by atoms with Crippen molar-refractivity contribution in [1.82, 2.24) is 0 Å². The van der Waals surface area contributed by atoms with Gasteiger partial charge in [0.05, 0.1) is 11.3 Å². The van der Waals surface area contributed by atoms with Gasteiger partial charge in [-0.3, -0.25) is 4.79 Å². The Bertz CT molecular complexity index is 905. The van der Waals surface area contributed by atoms with E-state index in [0.29, 0.717) is 22.7 Å². The highest BCUT2D eigenvalue weighted by atomic mass is 16.5. The van der Waals surface area contributed by atoms with E-state index in [1.165, 1.54) is 6.42 Å². The summed E-state index contributed by atoms with van der Waals surface area (Å²) in [6.07, 6.45) is 3.15. The van der Waals surface area contributed by atoms with E-state index in [1.54, 1.807) is 36.4 Å². The predicted molar refractivity (Wildman–Crippen MR) is 109 cm³/mol. The van der Waals surface area contributed by atoms with Crippen LogP contribution in [0.4, 0.5) is 5.69 Å². The molecule has 4 rings (SSSR count). The fourth-order valence-corrected chi connectivity index (χ4v) is 5.06. The molecule has 2 aromatic carbocycles. The molecule has 0 radical (unpaired) electrons. The highest BCUT2D eigenvalue weighted by Crippen LogP contribution is 2.66. The van der Waals surface area contributed by atoms with Crippen molar-refractivity contribution in [3.05, 3.63) is 65.7 Å². The third kappa shape index (κ3) is 2.92. The SMILES string of the molecule is CC1(C)C2CCC1(C)C(OC(=O)c1ccccc1NC(=O)c1ccccc1)C2. The Hall–Kier alpha value is -2.62. The van der Waals surface area contributed by atoms with Crippen LogP contribution in [0.2, 0.25) is 0 Å². The van der Waals surface area contributed by atoms with Gasteiger partial charge in [0.25, 0.3) is 5.91 Å². The molecule has 4 heteroatoms. The largest absolute Gasteiger partial charge is 0.458 e. The Morgan fingerprint density at radius 2 is 1.68 bits per heavy atom. The van der Waals surface area contributed by atoms with Crippen molar-refractivity contribution in [3.63, 3.8) is 0 Å². The number of esters is 1. The van der Waals surface area contributed by atoms with Crippen molar-refractivity contribution in [3.8, 4) is 0 Å². The third-order valence-electron chi connectivity index (χ3n) is 7.39. The van der Waals surface area contributed by atoms with Crippen LogP contribution in [-0.2, 0) is 4.74 Å². The molecule has 3 atom stereocenters. The van der Waals surface area contributed by atoms with E-state index in [0.717, 1.165) is 12.8 Å². The molecule has 3 unspecified atom stereocenters. The first-order valence-electron chi connectivity index (χ1n) is 9.99. The molecule has 0 saturated heterocycles. The molecule has 2 saturated carbocycles. The van der Waals surface area contributed by atoms with Crippen LogP contribution in [0.15, 0.2) is 54.6 Å². The van der Waals surface area contributed by atoms with Crippen LogP contribution in [-0.4, -0.2) is 18.0 Å². The number of fused-ring (bicyclic) bond motifs is 2. The maximum atomic E-state index is 13.0. The smallest absolute Gasteiger partial charge is 0.340 e. The van der Waals surface area contributed by atoms with Crippen molar-refractivity contribution in [2.45, 2.75) is 46.1 Å². The van der Waals surface area contributed by atoms with E-state index in [-0.39, 0.29) is 28.8 Å². The first-order chi connectivity index (χ1) is 13.3. The zero-order chi connectivity index (χ0) is 19.9. The Morgan fingerprint density at radius 3 is 2.32 bits per heavy atom. The van der Waals surface area contributed by atoms with E-state index in [2.05, 4.69) is 26.1 Å². The molecular weight excluding hydrogens is 350 g/mol. The average molecular weight is 377 g/mol. The molecule has 2 aliphatic carbocycles. The van der Waals surface area contributed by atoms with Gasteiger partial charge in [0.15, 0.2) is 0 Å². The maximum absolute atomic E-state index is 13.0. The van der Waals surface area contributed by atoms with Crippen LogP contribution >= 0.6 is 0 Å². The quantitative estimate of drug-likeness (QED) is 0.735. The lowest BCUT2D eigenvalue weighted by atomic mass is 9.70. The number of hydrogen-bond donors (Lipinski definition) is 1. The molecular formula is C24H27NO3. The predicted octanol–water partition coefficient (Wildman–Crippen LogP) is 5.31. The second-order valence-electron chi connectivity index (χ2n) is 8.87. The van der Waals surface area contributed by atoms with Gasteiger partial charge in [0.1, 0.15) is 6.10 Å². The van der Waals surface area contributed by atoms with Crippen molar-refractivity contribution in [2.75, 3.05) is 5.32 Å². The van der Waals surface area contributed by atoms with Gasteiger partial charge in [-0.2, -0.15) is 0 Å². The lowest BCUT2D eigenvalue weighted by Crippen LogP contribution is -2.38. The van der Waals surface area contributed by atoms with Gasteiger partial charge in [0.2, 0.25) is 0 Å². The van der Waals surface area contributed by atoms with E-state index < -0.39 is 0 Å². The Kier molecular flexibility index (Phi) is 4.53. The summed E-state index contributed by atoms with van der Waals surface area (Å²) in [4.78, 5) is 25.5. The summed E-state index contributed by atoms with van der Waals surface area (Å²) in [5.41, 5.74) is 1.62. The normalized spacial score (nSPS) is 27.4. The van der Waals surface area contributed by atoms with Crippen LogP contribution in [0.25, 0.3) is 0 Å². The van der Waals surface area contributed by atoms with Gasteiger partial charge < -0.3 is 10.1 Å². The summed E-state index contributed by atoms with van der Waals surface area (Å²) >= 11 is 0. The van der Waals surface area contributed by atoms with E-state index in [1.807, 2.05) is 18.2 Å². The molecule has 28 heavy (non-hydrogen) atoms. The van der Waals surface area contributed by atoms with Gasteiger partial charge >= 0.3 is 5.97 Å². The maximum Gasteiger partial charge on any atom is 0.340 e. The van der Waals surface area contributed by atoms with Gasteiger partial charge in [-0.1, -0.05) is 51.1 Å². The number of ether oxygens (including phenoxy) is 1. The highest BCUT2D eigenvalue weighted by Gasteiger charge is 2.62. The first-order valence-corrected chi connectivity index (χ1v) is 9.99. The molecule has 1 amide bonds. The van der Waals surface area contributed by atoms with Crippen molar-refractivity contribution in [2.24, 2.45) is 16.7 Å². The van der Waals surface area contributed by atoms with E-state index >= 15 is 0 Å². The third-order valence-corrected chi connectivity index (χ3v) is 7.39. The standard InChI is InChI=1S/C24H27NO3/c1-23(2)17-13-14-24(23,3)20(15-17)28-22(27)18-11-7-8-12-19(18)25-21(26)16-9-5-4-6-10-16/h4-12,17,20H,13-15H2,1-3H3,(H,25,26). The zero-order valence-electron chi connectivity index (χ0n) is 16.7. The van der Waals surface area contributed by atoms with E-state index in [4.69, 9.17) is 4.74 Å². The summed E-state index contributed by atoms with van der Waals surface area (Å²) in [6, 6.07) is 16.0. The van der Waals surface area contributed by atoms with Crippen molar-refractivity contribution >= 4 is 17.6 Å². The Balaban J connectivity index is 1.53. The summed E-state index contributed by atoms with van der Waals surface area (Å²) in [5, 5.41) is 2.85. The summed E-state index contributed by atoms with van der Waals surface area (Å²) in [7, 11) is 0. The zero-order valence-corrected chi connectivity index (χ0v) is 16.7. The first kappa shape index (κ1) is 18.7. The minimum Gasteiger partial charge on any atom is -0.458 e. The highest BCUT2D eigenvalue weighted by molar-refractivity contribution is 6.08. The average Bonchev–Trinajstić information content (AvgIpc) is 3.02. The molecule has 146 valence electrons. The molecule has 2 aliphatic rings. The molecule has 0 heterocycles. The number of benzene rings is 2. The molecule has 0 spiro atoms. The molecule has 0 aromatic heterocycles. The molecule has 2 aromatic rings. The van der Waals surface area contributed by atoms with Crippen LogP contribution < -0.4 is 5.32 Å². The van der Waals surface area contributed by atoms with Gasteiger partial charge in [-0.15, -0.1) is 0 Å². The number of hydrogen-bond acceptors (Lipinski definition) is 3. The van der Waals surface area contributed by atoms with Gasteiger partial charge in [-0.25, -0.2) is 4.79 Å². The van der Waals surface area contributed by atoms with Crippen molar-refractivity contribution < 1.29 is 14.3 Å². The number of anilines is 1. The topological polar surface area (TPSA) is 55.4 Å². The summed E-state index contributed by atoms with van der Waals surface area (Å²) < 4.78 is 6.01. The van der Waals surface area contributed by atoms with Gasteiger partial charge in [0, 0.05) is 11.0 Å². The van der Waals surface area contributed by atoms with Crippen LogP contribution in [0.1, 0.15) is 60.7 Å². The number of amides is 1. The number of nitrogens with one attached hydrogen (secondary N) is 1. The monoisotopic (exact) mass is 377 g/mol. The summed E-state index contributed by atoms with van der Waals surface area (Å²) in [6.45, 7) is 6.85. The van der Waals surface area contributed by atoms with Crippen molar-refractivity contribution in [1.29, 1.82) is 0 Å². The Morgan fingerprint density at radius 1 is 1.00 bits per heavy atom. The molecule has 2 bridgehead atoms. The number of carbonyl (C=O) groups excluding carboxylic acids is 2. The van der Waals surface area contributed by atoms with Gasteiger partial charge in [-0.05, 0) is 54.9 Å².